The maximum Gasteiger partial charge on any atom is 0.137 e. The summed E-state index contributed by atoms with van der Waals surface area (Å²) in [6.45, 7) is 2.65. The molecule has 0 bridgehead atoms. The molecule has 0 fully saturated rings. The van der Waals surface area contributed by atoms with Gasteiger partial charge in [-0.25, -0.2) is 0 Å². The van der Waals surface area contributed by atoms with Crippen LogP contribution in [0.25, 0.3) is 11.0 Å². The average molecular weight is 191 g/mol. The molecule has 2 rings (SSSR count). The molecule has 3 heteroatoms. The largest absolute Gasteiger partial charge is 0.508 e. The standard InChI is InChI=1S/C11H13NO2/c1-7(5-12)10-6-14-11-4-8(13)2-3-9(10)11/h2-4,6-7,13H,5,12H2,1H3. The molecule has 0 spiro atoms. The summed E-state index contributed by atoms with van der Waals surface area (Å²) in [5.74, 6) is 0.500. The van der Waals surface area contributed by atoms with E-state index in [1.165, 1.54) is 0 Å². The molecule has 1 heterocycles. The average Bonchev–Trinajstić information content (AvgIpc) is 2.59. The van der Waals surface area contributed by atoms with Gasteiger partial charge in [0.2, 0.25) is 0 Å². The van der Waals surface area contributed by atoms with Gasteiger partial charge in [0.15, 0.2) is 0 Å². The Bertz CT molecular complexity index is 447. The minimum Gasteiger partial charge on any atom is -0.508 e. The van der Waals surface area contributed by atoms with Crippen LogP contribution in [-0.4, -0.2) is 11.7 Å². The summed E-state index contributed by atoms with van der Waals surface area (Å²) < 4.78 is 5.34. The number of furan rings is 1. The van der Waals surface area contributed by atoms with Crippen molar-refractivity contribution >= 4 is 11.0 Å². The quantitative estimate of drug-likeness (QED) is 0.765. The smallest absolute Gasteiger partial charge is 0.137 e. The molecule has 0 aliphatic carbocycles. The van der Waals surface area contributed by atoms with Crippen molar-refractivity contribution in [3.05, 3.63) is 30.0 Å². The van der Waals surface area contributed by atoms with Gasteiger partial charge < -0.3 is 15.3 Å². The predicted molar refractivity (Wildman–Crippen MR) is 55.3 cm³/mol. The fourth-order valence-electron chi connectivity index (χ4n) is 1.55. The fourth-order valence-corrected chi connectivity index (χ4v) is 1.55. The van der Waals surface area contributed by atoms with E-state index >= 15 is 0 Å². The summed E-state index contributed by atoms with van der Waals surface area (Å²) in [6.07, 6.45) is 1.71. The number of phenols is 1. The van der Waals surface area contributed by atoms with Gasteiger partial charge in [-0.2, -0.15) is 0 Å². The molecule has 3 N–H and O–H groups in total. The topological polar surface area (TPSA) is 59.4 Å². The van der Waals surface area contributed by atoms with Crippen LogP contribution in [0.5, 0.6) is 5.75 Å². The van der Waals surface area contributed by atoms with Crippen LogP contribution < -0.4 is 5.73 Å². The van der Waals surface area contributed by atoms with Gasteiger partial charge in [0.1, 0.15) is 11.3 Å². The Morgan fingerprint density at radius 1 is 1.50 bits per heavy atom. The van der Waals surface area contributed by atoms with Gasteiger partial charge in [0.25, 0.3) is 0 Å². The molecule has 2 aromatic rings. The van der Waals surface area contributed by atoms with Crippen molar-refractivity contribution in [3.63, 3.8) is 0 Å². The van der Waals surface area contributed by atoms with Crippen molar-refractivity contribution < 1.29 is 9.52 Å². The number of aromatic hydroxyl groups is 1. The van der Waals surface area contributed by atoms with Crippen LogP contribution in [0.2, 0.25) is 0 Å². The zero-order chi connectivity index (χ0) is 10.1. The number of nitrogens with two attached hydrogens (primary N) is 1. The Morgan fingerprint density at radius 2 is 2.29 bits per heavy atom. The Hall–Kier alpha value is -1.48. The molecule has 0 saturated heterocycles. The maximum absolute atomic E-state index is 9.25. The predicted octanol–water partition coefficient (Wildman–Crippen LogP) is 2.20. The first-order chi connectivity index (χ1) is 6.72. The normalized spacial score (nSPS) is 13.3. The van der Waals surface area contributed by atoms with E-state index in [1.807, 2.05) is 6.07 Å². The third-order valence-corrected chi connectivity index (χ3v) is 2.47. The summed E-state index contributed by atoms with van der Waals surface area (Å²) in [6, 6.07) is 5.13. The highest BCUT2D eigenvalue weighted by molar-refractivity contribution is 5.82. The molecule has 0 aliphatic rings. The van der Waals surface area contributed by atoms with Crippen LogP contribution >= 0.6 is 0 Å². The van der Waals surface area contributed by atoms with Crippen LogP contribution in [0, 0.1) is 0 Å². The lowest BCUT2D eigenvalue weighted by Crippen LogP contribution is -2.08. The Kier molecular flexibility index (Phi) is 2.17. The number of fused-ring (bicyclic) bond motifs is 1. The van der Waals surface area contributed by atoms with Gasteiger partial charge in [0, 0.05) is 17.0 Å². The van der Waals surface area contributed by atoms with E-state index in [-0.39, 0.29) is 11.7 Å². The number of hydrogen-bond acceptors (Lipinski definition) is 3. The molecular weight excluding hydrogens is 178 g/mol. The molecule has 74 valence electrons. The summed E-state index contributed by atoms with van der Waals surface area (Å²) in [4.78, 5) is 0. The van der Waals surface area contributed by atoms with Crippen LogP contribution in [-0.2, 0) is 0 Å². The summed E-state index contributed by atoms with van der Waals surface area (Å²) >= 11 is 0. The molecule has 3 nitrogen and oxygen atoms in total. The number of rotatable bonds is 2. The lowest BCUT2D eigenvalue weighted by molar-refractivity contribution is 0.474. The highest BCUT2D eigenvalue weighted by atomic mass is 16.3. The van der Waals surface area contributed by atoms with Gasteiger partial charge >= 0.3 is 0 Å². The minimum absolute atomic E-state index is 0.221. The van der Waals surface area contributed by atoms with E-state index in [0.717, 1.165) is 10.9 Å². The number of benzene rings is 1. The Morgan fingerprint density at radius 3 is 3.00 bits per heavy atom. The van der Waals surface area contributed by atoms with Gasteiger partial charge in [-0.1, -0.05) is 6.92 Å². The van der Waals surface area contributed by atoms with Crippen molar-refractivity contribution in [1.82, 2.24) is 0 Å². The van der Waals surface area contributed by atoms with Crippen molar-refractivity contribution in [2.75, 3.05) is 6.54 Å². The SMILES string of the molecule is CC(CN)c1coc2cc(O)ccc12. The lowest BCUT2D eigenvalue weighted by Gasteiger charge is -2.04. The Balaban J connectivity index is 2.58. The van der Waals surface area contributed by atoms with Crippen LogP contribution in [0.3, 0.4) is 0 Å². The van der Waals surface area contributed by atoms with E-state index in [9.17, 15) is 5.11 Å². The van der Waals surface area contributed by atoms with Crippen molar-refractivity contribution in [2.45, 2.75) is 12.8 Å². The van der Waals surface area contributed by atoms with Crippen LogP contribution in [0.15, 0.2) is 28.9 Å². The number of phenolic OH excluding ortho intramolecular Hbond substituents is 1. The van der Waals surface area contributed by atoms with Crippen molar-refractivity contribution in [2.24, 2.45) is 5.73 Å². The first-order valence-electron chi connectivity index (χ1n) is 4.62. The second-order valence-electron chi connectivity index (χ2n) is 3.51. The molecule has 0 amide bonds. The first kappa shape index (κ1) is 9.09. The van der Waals surface area contributed by atoms with Gasteiger partial charge in [-0.05, 0) is 24.6 Å². The molecule has 1 atom stereocenters. The molecule has 14 heavy (non-hydrogen) atoms. The van der Waals surface area contributed by atoms with E-state index in [1.54, 1.807) is 18.4 Å². The fraction of sp³-hybridized carbons (Fsp3) is 0.273. The van der Waals surface area contributed by atoms with E-state index in [2.05, 4.69) is 6.92 Å². The third-order valence-electron chi connectivity index (χ3n) is 2.47. The molecule has 1 aromatic heterocycles. The zero-order valence-corrected chi connectivity index (χ0v) is 8.03. The van der Waals surface area contributed by atoms with Crippen LogP contribution in [0.1, 0.15) is 18.4 Å². The van der Waals surface area contributed by atoms with Crippen molar-refractivity contribution in [3.8, 4) is 5.75 Å². The molecule has 0 saturated carbocycles. The van der Waals surface area contributed by atoms with Crippen molar-refractivity contribution in [1.29, 1.82) is 0 Å². The molecule has 1 unspecified atom stereocenters. The summed E-state index contributed by atoms with van der Waals surface area (Å²) in [7, 11) is 0. The Labute approximate surface area is 82.1 Å². The lowest BCUT2D eigenvalue weighted by atomic mass is 10.0. The van der Waals surface area contributed by atoms with Gasteiger partial charge in [-0.3, -0.25) is 0 Å². The molecule has 0 aliphatic heterocycles. The van der Waals surface area contributed by atoms with E-state index in [0.29, 0.717) is 12.1 Å². The van der Waals surface area contributed by atoms with Gasteiger partial charge in [0.05, 0.1) is 6.26 Å². The van der Waals surface area contributed by atoms with Gasteiger partial charge in [-0.15, -0.1) is 0 Å². The van der Waals surface area contributed by atoms with Crippen LogP contribution in [0.4, 0.5) is 0 Å². The monoisotopic (exact) mass is 191 g/mol. The highest BCUT2D eigenvalue weighted by Gasteiger charge is 2.11. The number of hydrogen-bond donors (Lipinski definition) is 2. The minimum atomic E-state index is 0.221. The highest BCUT2D eigenvalue weighted by Crippen LogP contribution is 2.29. The zero-order valence-electron chi connectivity index (χ0n) is 8.03. The summed E-state index contributed by atoms with van der Waals surface area (Å²) in [5, 5.41) is 10.3. The first-order valence-corrected chi connectivity index (χ1v) is 4.62. The third kappa shape index (κ3) is 1.36. The molecular formula is C11H13NO2. The second kappa shape index (κ2) is 3.35. The molecule has 0 radical (unpaired) electrons. The van der Waals surface area contributed by atoms with E-state index < -0.39 is 0 Å². The molecule has 1 aromatic carbocycles. The summed E-state index contributed by atoms with van der Waals surface area (Å²) in [5.41, 5.74) is 7.40. The van der Waals surface area contributed by atoms with E-state index in [4.69, 9.17) is 10.2 Å². The maximum atomic E-state index is 9.25. The second-order valence-corrected chi connectivity index (χ2v) is 3.51.